The fraction of sp³-hybridized carbons (Fsp3) is 0.182. The summed E-state index contributed by atoms with van der Waals surface area (Å²) in [4.78, 5) is 6.11. The van der Waals surface area contributed by atoms with Gasteiger partial charge in [0.05, 0.1) is 6.33 Å². The lowest BCUT2D eigenvalue weighted by Crippen LogP contribution is -2.08. The highest BCUT2D eigenvalue weighted by molar-refractivity contribution is 5.52. The third-order valence-corrected chi connectivity index (χ3v) is 2.15. The average molecular weight is 187 g/mol. The molecule has 0 unspecified atom stereocenters. The van der Waals surface area contributed by atoms with Crippen molar-refractivity contribution in [2.45, 2.75) is 0 Å². The quantitative estimate of drug-likeness (QED) is 0.716. The Labute approximate surface area is 83.6 Å². The molecule has 0 radical (unpaired) electrons. The molecule has 1 aromatic heterocycles. The van der Waals surface area contributed by atoms with Crippen molar-refractivity contribution in [2.75, 3.05) is 19.0 Å². The molecule has 3 nitrogen and oxygen atoms in total. The van der Waals surface area contributed by atoms with Gasteiger partial charge in [0.15, 0.2) is 0 Å². The highest BCUT2D eigenvalue weighted by atomic mass is 15.1. The first-order valence-corrected chi connectivity index (χ1v) is 4.53. The van der Waals surface area contributed by atoms with E-state index < -0.39 is 0 Å². The second kappa shape index (κ2) is 3.54. The highest BCUT2D eigenvalue weighted by Crippen LogP contribution is 2.16. The maximum absolute atomic E-state index is 4.02. The van der Waals surface area contributed by atoms with E-state index in [0.717, 1.165) is 5.69 Å². The Bertz CT molecular complexity index is 404. The van der Waals surface area contributed by atoms with Crippen molar-refractivity contribution < 1.29 is 0 Å². The molecule has 2 rings (SSSR count). The van der Waals surface area contributed by atoms with Crippen LogP contribution in [-0.2, 0) is 0 Å². The van der Waals surface area contributed by atoms with Gasteiger partial charge < -0.3 is 9.47 Å². The largest absolute Gasteiger partial charge is 0.378 e. The van der Waals surface area contributed by atoms with E-state index in [1.807, 2.05) is 30.9 Å². The van der Waals surface area contributed by atoms with Gasteiger partial charge in [-0.05, 0) is 18.2 Å². The molecule has 0 aliphatic rings. The molecule has 0 spiro atoms. The smallest absolute Gasteiger partial charge is 0.0991 e. The van der Waals surface area contributed by atoms with E-state index in [4.69, 9.17) is 0 Å². The summed E-state index contributed by atoms with van der Waals surface area (Å²) < 4.78 is 1.99. The summed E-state index contributed by atoms with van der Waals surface area (Å²) in [5.74, 6) is 0. The third kappa shape index (κ3) is 1.62. The Hall–Kier alpha value is -1.77. The maximum atomic E-state index is 4.02. The van der Waals surface area contributed by atoms with Crippen LogP contribution in [0.25, 0.3) is 5.69 Å². The highest BCUT2D eigenvalue weighted by Gasteiger charge is 1.98. The molecule has 2 aromatic rings. The van der Waals surface area contributed by atoms with Gasteiger partial charge in [0.25, 0.3) is 0 Å². The van der Waals surface area contributed by atoms with E-state index in [2.05, 4.69) is 28.1 Å². The zero-order valence-electron chi connectivity index (χ0n) is 8.38. The predicted molar refractivity (Wildman–Crippen MR) is 57.9 cm³/mol. The maximum Gasteiger partial charge on any atom is 0.0991 e. The fourth-order valence-electron chi connectivity index (χ4n) is 1.34. The second-order valence-corrected chi connectivity index (χ2v) is 3.38. The Balaban J connectivity index is 2.41. The summed E-state index contributed by atoms with van der Waals surface area (Å²) >= 11 is 0. The van der Waals surface area contributed by atoms with Gasteiger partial charge in [0.1, 0.15) is 0 Å². The monoisotopic (exact) mass is 187 g/mol. The summed E-state index contributed by atoms with van der Waals surface area (Å²) in [5.41, 5.74) is 2.32. The molecule has 14 heavy (non-hydrogen) atoms. The molecule has 72 valence electrons. The Kier molecular flexibility index (Phi) is 2.23. The van der Waals surface area contributed by atoms with Crippen LogP contribution in [0.4, 0.5) is 5.69 Å². The summed E-state index contributed by atoms with van der Waals surface area (Å²) in [6, 6.07) is 8.32. The van der Waals surface area contributed by atoms with Crippen molar-refractivity contribution in [3.63, 3.8) is 0 Å². The SMILES string of the molecule is CN(C)c1cccc(-n2ccnc2)c1. The number of imidazole rings is 1. The van der Waals surface area contributed by atoms with Crippen LogP contribution in [-0.4, -0.2) is 23.6 Å². The fourth-order valence-corrected chi connectivity index (χ4v) is 1.34. The lowest BCUT2D eigenvalue weighted by atomic mass is 10.2. The number of rotatable bonds is 2. The van der Waals surface area contributed by atoms with Crippen molar-refractivity contribution in [1.29, 1.82) is 0 Å². The summed E-state index contributed by atoms with van der Waals surface area (Å²) in [7, 11) is 4.07. The number of nitrogens with zero attached hydrogens (tertiary/aromatic N) is 3. The topological polar surface area (TPSA) is 21.1 Å². The van der Waals surface area contributed by atoms with E-state index in [9.17, 15) is 0 Å². The number of hydrogen-bond donors (Lipinski definition) is 0. The molecule has 0 bridgehead atoms. The van der Waals surface area contributed by atoms with E-state index in [1.54, 1.807) is 12.5 Å². The molecular weight excluding hydrogens is 174 g/mol. The van der Waals surface area contributed by atoms with Gasteiger partial charge in [-0.25, -0.2) is 4.98 Å². The minimum Gasteiger partial charge on any atom is -0.378 e. The zero-order valence-corrected chi connectivity index (χ0v) is 8.38. The second-order valence-electron chi connectivity index (χ2n) is 3.38. The van der Waals surface area contributed by atoms with Crippen LogP contribution in [0, 0.1) is 0 Å². The summed E-state index contributed by atoms with van der Waals surface area (Å²) in [6.07, 6.45) is 5.52. The van der Waals surface area contributed by atoms with Crippen LogP contribution in [0.15, 0.2) is 43.0 Å². The Morgan fingerprint density at radius 1 is 1.29 bits per heavy atom. The average Bonchev–Trinajstić information content (AvgIpc) is 2.71. The lowest BCUT2D eigenvalue weighted by Gasteiger charge is -2.13. The van der Waals surface area contributed by atoms with E-state index in [0.29, 0.717) is 0 Å². The van der Waals surface area contributed by atoms with E-state index in [-0.39, 0.29) is 0 Å². The van der Waals surface area contributed by atoms with Crippen LogP contribution in [0.1, 0.15) is 0 Å². The van der Waals surface area contributed by atoms with Gasteiger partial charge in [-0.3, -0.25) is 0 Å². The van der Waals surface area contributed by atoms with Gasteiger partial charge in [-0.1, -0.05) is 6.07 Å². The molecule has 1 aromatic carbocycles. The molecule has 1 heterocycles. The van der Waals surface area contributed by atoms with Crippen molar-refractivity contribution in [3.8, 4) is 5.69 Å². The zero-order chi connectivity index (χ0) is 9.97. The number of hydrogen-bond acceptors (Lipinski definition) is 2. The van der Waals surface area contributed by atoms with Gasteiger partial charge in [-0.15, -0.1) is 0 Å². The van der Waals surface area contributed by atoms with E-state index in [1.165, 1.54) is 5.69 Å². The molecule has 0 aliphatic carbocycles. The minimum atomic E-state index is 1.13. The number of aromatic nitrogens is 2. The standard InChI is InChI=1S/C11H13N3/c1-13(2)10-4-3-5-11(8-10)14-7-6-12-9-14/h3-9H,1-2H3. The third-order valence-electron chi connectivity index (χ3n) is 2.15. The van der Waals surface area contributed by atoms with Crippen LogP contribution >= 0.6 is 0 Å². The molecule has 3 heteroatoms. The van der Waals surface area contributed by atoms with Crippen LogP contribution in [0.2, 0.25) is 0 Å². The normalized spacial score (nSPS) is 10.1. The van der Waals surface area contributed by atoms with Crippen molar-refractivity contribution in [3.05, 3.63) is 43.0 Å². The first-order chi connectivity index (χ1) is 6.77. The Morgan fingerprint density at radius 2 is 2.14 bits per heavy atom. The van der Waals surface area contributed by atoms with Crippen molar-refractivity contribution in [2.24, 2.45) is 0 Å². The van der Waals surface area contributed by atoms with Gasteiger partial charge >= 0.3 is 0 Å². The van der Waals surface area contributed by atoms with E-state index >= 15 is 0 Å². The van der Waals surface area contributed by atoms with Crippen LogP contribution in [0.3, 0.4) is 0 Å². The first-order valence-electron chi connectivity index (χ1n) is 4.53. The molecule has 0 fully saturated rings. The minimum absolute atomic E-state index is 1.13. The lowest BCUT2D eigenvalue weighted by molar-refractivity contribution is 1.05. The van der Waals surface area contributed by atoms with Gasteiger partial charge in [0.2, 0.25) is 0 Å². The molecule has 0 N–H and O–H groups in total. The number of benzene rings is 1. The van der Waals surface area contributed by atoms with Crippen molar-refractivity contribution in [1.82, 2.24) is 9.55 Å². The summed E-state index contributed by atoms with van der Waals surface area (Å²) in [5, 5.41) is 0. The molecule has 0 saturated carbocycles. The molecule has 0 atom stereocenters. The van der Waals surface area contributed by atoms with Crippen LogP contribution in [0.5, 0.6) is 0 Å². The van der Waals surface area contributed by atoms with Crippen LogP contribution < -0.4 is 4.90 Å². The van der Waals surface area contributed by atoms with Gasteiger partial charge in [-0.2, -0.15) is 0 Å². The molecular formula is C11H13N3. The first kappa shape index (κ1) is 8.81. The van der Waals surface area contributed by atoms with Crippen molar-refractivity contribution >= 4 is 5.69 Å². The summed E-state index contributed by atoms with van der Waals surface area (Å²) in [6.45, 7) is 0. The predicted octanol–water partition coefficient (Wildman–Crippen LogP) is 1.94. The Morgan fingerprint density at radius 3 is 2.79 bits per heavy atom. The number of anilines is 1. The molecule has 0 amide bonds. The van der Waals surface area contributed by atoms with Gasteiger partial charge in [0, 0.05) is 37.9 Å². The molecule has 0 saturated heterocycles. The molecule has 0 aliphatic heterocycles.